The molecular formula is C11H15NO3. The lowest BCUT2D eigenvalue weighted by Crippen LogP contribution is -2.14. The van der Waals surface area contributed by atoms with Crippen molar-refractivity contribution in [3.05, 3.63) is 23.8 Å². The van der Waals surface area contributed by atoms with E-state index in [1.807, 2.05) is 18.2 Å². The Morgan fingerprint density at radius 1 is 1.33 bits per heavy atom. The molecule has 0 fully saturated rings. The largest absolute Gasteiger partial charge is 0.497 e. The highest BCUT2D eigenvalue weighted by Crippen LogP contribution is 2.23. The Kier molecular flexibility index (Phi) is 4.47. The van der Waals surface area contributed by atoms with Crippen LogP contribution < -0.4 is 14.8 Å². The smallest absolute Gasteiger partial charge is 0.207 e. The third-order valence-corrected chi connectivity index (χ3v) is 2.11. The first-order chi connectivity index (χ1) is 7.31. The van der Waals surface area contributed by atoms with Crippen molar-refractivity contribution in [1.82, 2.24) is 5.32 Å². The van der Waals surface area contributed by atoms with Gasteiger partial charge in [-0.05, 0) is 30.2 Å². The molecule has 0 aliphatic heterocycles. The average Bonchev–Trinajstić information content (AvgIpc) is 2.29. The van der Waals surface area contributed by atoms with Crippen molar-refractivity contribution in [2.75, 3.05) is 20.8 Å². The Balaban J connectivity index is 2.76. The van der Waals surface area contributed by atoms with Gasteiger partial charge in [-0.15, -0.1) is 0 Å². The summed E-state index contributed by atoms with van der Waals surface area (Å²) in [6.07, 6.45) is 1.41. The summed E-state index contributed by atoms with van der Waals surface area (Å²) in [5.41, 5.74) is 1.02. The molecule has 0 heterocycles. The van der Waals surface area contributed by atoms with E-state index in [-0.39, 0.29) is 0 Å². The van der Waals surface area contributed by atoms with E-state index in [9.17, 15) is 4.79 Å². The molecule has 0 radical (unpaired) electrons. The van der Waals surface area contributed by atoms with Crippen LogP contribution in [-0.4, -0.2) is 27.2 Å². The molecule has 82 valence electrons. The minimum atomic E-state index is 0.590. The van der Waals surface area contributed by atoms with Gasteiger partial charge in [-0.25, -0.2) is 0 Å². The second-order valence-electron chi connectivity index (χ2n) is 3.00. The fourth-order valence-electron chi connectivity index (χ4n) is 1.34. The molecule has 0 aromatic heterocycles. The van der Waals surface area contributed by atoms with Crippen molar-refractivity contribution in [3.8, 4) is 11.5 Å². The van der Waals surface area contributed by atoms with E-state index >= 15 is 0 Å². The zero-order chi connectivity index (χ0) is 11.1. The molecule has 1 amide bonds. The molecule has 0 spiro atoms. The maximum atomic E-state index is 10.1. The Morgan fingerprint density at radius 3 is 2.73 bits per heavy atom. The molecule has 1 aromatic carbocycles. The normalized spacial score (nSPS) is 9.47. The van der Waals surface area contributed by atoms with Crippen LogP contribution in [0.5, 0.6) is 11.5 Å². The van der Waals surface area contributed by atoms with Crippen LogP contribution in [-0.2, 0) is 11.2 Å². The highest BCUT2D eigenvalue weighted by atomic mass is 16.5. The lowest BCUT2D eigenvalue weighted by molar-refractivity contribution is -0.109. The Labute approximate surface area is 89.2 Å². The van der Waals surface area contributed by atoms with Gasteiger partial charge in [-0.3, -0.25) is 4.79 Å². The summed E-state index contributed by atoms with van der Waals surface area (Å²) < 4.78 is 10.3. The number of hydrogen-bond acceptors (Lipinski definition) is 3. The second-order valence-corrected chi connectivity index (χ2v) is 3.00. The van der Waals surface area contributed by atoms with Crippen LogP contribution in [0.2, 0.25) is 0 Å². The van der Waals surface area contributed by atoms with Crippen LogP contribution in [0.4, 0.5) is 0 Å². The van der Waals surface area contributed by atoms with Gasteiger partial charge >= 0.3 is 0 Å². The van der Waals surface area contributed by atoms with Crippen molar-refractivity contribution < 1.29 is 14.3 Å². The van der Waals surface area contributed by atoms with Crippen LogP contribution in [0.15, 0.2) is 18.2 Å². The lowest BCUT2D eigenvalue weighted by atomic mass is 10.1. The summed E-state index contributed by atoms with van der Waals surface area (Å²) in [4.78, 5) is 10.1. The minimum Gasteiger partial charge on any atom is -0.497 e. The van der Waals surface area contributed by atoms with Crippen molar-refractivity contribution in [2.24, 2.45) is 0 Å². The summed E-state index contributed by atoms with van der Waals surface area (Å²) in [5.74, 6) is 1.60. The minimum absolute atomic E-state index is 0.590. The molecule has 1 aromatic rings. The summed E-state index contributed by atoms with van der Waals surface area (Å²) in [6.45, 7) is 0.590. The topological polar surface area (TPSA) is 47.6 Å². The highest BCUT2D eigenvalue weighted by molar-refractivity contribution is 5.46. The monoisotopic (exact) mass is 209 g/mol. The van der Waals surface area contributed by atoms with Gasteiger partial charge in [0.05, 0.1) is 14.2 Å². The van der Waals surface area contributed by atoms with Crippen LogP contribution in [0, 0.1) is 0 Å². The first-order valence-electron chi connectivity index (χ1n) is 4.69. The van der Waals surface area contributed by atoms with Crippen molar-refractivity contribution >= 4 is 6.41 Å². The standard InChI is InChI=1S/C11H15NO3/c1-14-10-3-4-11(15-2)9(7-10)5-6-12-8-13/h3-4,7-8H,5-6H2,1-2H3,(H,12,13). The zero-order valence-corrected chi connectivity index (χ0v) is 8.95. The number of nitrogens with one attached hydrogen (secondary N) is 1. The first kappa shape index (κ1) is 11.4. The van der Waals surface area contributed by atoms with Crippen molar-refractivity contribution in [2.45, 2.75) is 6.42 Å². The number of amides is 1. The Hall–Kier alpha value is -1.71. The van der Waals surface area contributed by atoms with Crippen LogP contribution in [0.1, 0.15) is 5.56 Å². The number of carbonyl (C=O) groups is 1. The fourth-order valence-corrected chi connectivity index (χ4v) is 1.34. The number of hydrogen-bond donors (Lipinski definition) is 1. The van der Waals surface area contributed by atoms with Gasteiger partial charge < -0.3 is 14.8 Å². The summed E-state index contributed by atoms with van der Waals surface area (Å²) in [5, 5.41) is 2.61. The number of methoxy groups -OCH3 is 2. The molecule has 0 saturated heterocycles. The molecular weight excluding hydrogens is 194 g/mol. The molecule has 1 N–H and O–H groups in total. The number of carbonyl (C=O) groups excluding carboxylic acids is 1. The van der Waals surface area contributed by atoms with E-state index in [0.29, 0.717) is 13.0 Å². The van der Waals surface area contributed by atoms with Crippen LogP contribution >= 0.6 is 0 Å². The molecule has 4 heteroatoms. The molecule has 0 atom stereocenters. The van der Waals surface area contributed by atoms with E-state index in [1.54, 1.807) is 14.2 Å². The average molecular weight is 209 g/mol. The highest BCUT2D eigenvalue weighted by Gasteiger charge is 2.04. The summed E-state index contributed by atoms with van der Waals surface area (Å²) in [6, 6.07) is 5.61. The summed E-state index contributed by atoms with van der Waals surface area (Å²) in [7, 11) is 3.24. The van der Waals surface area contributed by atoms with E-state index in [0.717, 1.165) is 23.5 Å². The van der Waals surface area contributed by atoms with Gasteiger partial charge in [-0.1, -0.05) is 0 Å². The van der Waals surface area contributed by atoms with Crippen LogP contribution in [0.3, 0.4) is 0 Å². The molecule has 0 unspecified atom stereocenters. The molecule has 0 aliphatic carbocycles. The third-order valence-electron chi connectivity index (χ3n) is 2.11. The second kappa shape index (κ2) is 5.90. The molecule has 4 nitrogen and oxygen atoms in total. The predicted molar refractivity (Wildman–Crippen MR) is 57.3 cm³/mol. The van der Waals surface area contributed by atoms with E-state index in [4.69, 9.17) is 9.47 Å². The number of benzene rings is 1. The predicted octanol–water partition coefficient (Wildman–Crippen LogP) is 0.992. The van der Waals surface area contributed by atoms with Gasteiger partial charge in [0, 0.05) is 6.54 Å². The molecule has 0 aliphatic rings. The van der Waals surface area contributed by atoms with Gasteiger partial charge in [0.2, 0.25) is 6.41 Å². The summed E-state index contributed by atoms with van der Waals surface area (Å²) >= 11 is 0. The van der Waals surface area contributed by atoms with Gasteiger partial charge in [0.25, 0.3) is 0 Å². The van der Waals surface area contributed by atoms with E-state index < -0.39 is 0 Å². The molecule has 0 bridgehead atoms. The van der Waals surface area contributed by atoms with E-state index in [2.05, 4.69) is 5.32 Å². The zero-order valence-electron chi connectivity index (χ0n) is 8.95. The maximum absolute atomic E-state index is 10.1. The van der Waals surface area contributed by atoms with Gasteiger partial charge in [-0.2, -0.15) is 0 Å². The lowest BCUT2D eigenvalue weighted by Gasteiger charge is -2.09. The molecule has 1 rings (SSSR count). The third kappa shape index (κ3) is 3.16. The van der Waals surface area contributed by atoms with Crippen molar-refractivity contribution in [3.63, 3.8) is 0 Å². The maximum Gasteiger partial charge on any atom is 0.207 e. The molecule has 0 saturated carbocycles. The Morgan fingerprint density at radius 2 is 2.13 bits per heavy atom. The quantitative estimate of drug-likeness (QED) is 0.561. The number of rotatable bonds is 6. The SMILES string of the molecule is COc1ccc(OC)c(CCNC=O)c1. The molecule has 15 heavy (non-hydrogen) atoms. The number of ether oxygens (including phenoxy) is 2. The first-order valence-corrected chi connectivity index (χ1v) is 4.69. The van der Waals surface area contributed by atoms with E-state index in [1.165, 1.54) is 0 Å². The van der Waals surface area contributed by atoms with Crippen LogP contribution in [0.25, 0.3) is 0 Å². The Bertz CT molecular complexity index is 326. The van der Waals surface area contributed by atoms with Gasteiger partial charge in [0.1, 0.15) is 11.5 Å². The fraction of sp³-hybridized carbons (Fsp3) is 0.364. The van der Waals surface area contributed by atoms with Crippen molar-refractivity contribution in [1.29, 1.82) is 0 Å². The van der Waals surface area contributed by atoms with Gasteiger partial charge in [0.15, 0.2) is 0 Å².